The maximum Gasteiger partial charge on any atom is 0.282 e. The van der Waals surface area contributed by atoms with E-state index in [4.69, 9.17) is 4.98 Å². The van der Waals surface area contributed by atoms with Crippen molar-refractivity contribution < 1.29 is 0 Å². The summed E-state index contributed by atoms with van der Waals surface area (Å²) in [5.41, 5.74) is 4.24. The fourth-order valence-electron chi connectivity index (χ4n) is 3.77. The van der Waals surface area contributed by atoms with E-state index in [1.54, 1.807) is 12.3 Å². The lowest BCUT2D eigenvalue weighted by Gasteiger charge is -2.20. The molecule has 0 saturated heterocycles. The number of hydrogen-bond acceptors (Lipinski definition) is 4. The van der Waals surface area contributed by atoms with Crippen molar-refractivity contribution in [1.82, 2.24) is 19.2 Å². The molecule has 0 fully saturated rings. The number of fused-ring (bicyclic) bond motifs is 1. The normalized spacial score (nSPS) is 12.2. The molecular formula is C25H26BrN5O. The Kier molecular flexibility index (Phi) is 5.63. The molecule has 0 N–H and O–H groups in total. The van der Waals surface area contributed by atoms with Crippen LogP contribution in [0.3, 0.4) is 0 Å². The molecule has 4 rings (SSSR count). The van der Waals surface area contributed by atoms with E-state index >= 15 is 0 Å². The van der Waals surface area contributed by atoms with Crippen molar-refractivity contribution in [3.05, 3.63) is 85.8 Å². The average molecular weight is 492 g/mol. The van der Waals surface area contributed by atoms with Gasteiger partial charge in [-0.15, -0.1) is 0 Å². The molecule has 3 heterocycles. The lowest BCUT2D eigenvalue weighted by Crippen LogP contribution is -2.29. The molecule has 0 atom stereocenters. The van der Waals surface area contributed by atoms with Gasteiger partial charge in [-0.1, -0.05) is 36.7 Å². The Morgan fingerprint density at radius 1 is 1.06 bits per heavy atom. The van der Waals surface area contributed by atoms with Crippen LogP contribution in [0.25, 0.3) is 16.7 Å². The highest BCUT2D eigenvalue weighted by molar-refractivity contribution is 9.10. The minimum Gasteiger partial charge on any atom is -0.303 e. The maximum absolute atomic E-state index is 13.4. The number of hydrogen-bond donors (Lipinski definition) is 0. The highest BCUT2D eigenvalue weighted by Crippen LogP contribution is 2.23. The molecule has 0 radical (unpaired) electrons. The molecule has 0 unspecified atom stereocenters. The van der Waals surface area contributed by atoms with E-state index in [1.165, 1.54) is 4.68 Å². The van der Waals surface area contributed by atoms with E-state index in [9.17, 15) is 4.79 Å². The molecule has 6 nitrogen and oxygen atoms in total. The first-order valence-electron chi connectivity index (χ1n) is 10.5. The molecule has 0 saturated carbocycles. The Balaban J connectivity index is 1.87. The Bertz CT molecular complexity index is 1420. The largest absolute Gasteiger partial charge is 0.303 e. The van der Waals surface area contributed by atoms with Gasteiger partial charge in [-0.25, -0.2) is 9.97 Å². The Morgan fingerprint density at radius 3 is 2.50 bits per heavy atom. The molecule has 0 amide bonds. The van der Waals surface area contributed by atoms with Crippen LogP contribution in [0.1, 0.15) is 49.1 Å². The van der Waals surface area contributed by atoms with Crippen LogP contribution in [-0.4, -0.2) is 25.4 Å². The van der Waals surface area contributed by atoms with E-state index in [0.29, 0.717) is 16.7 Å². The second kappa shape index (κ2) is 8.13. The monoisotopic (exact) mass is 491 g/mol. The number of aromatic nitrogens is 4. The number of halogens is 1. The number of benzene rings is 1. The van der Waals surface area contributed by atoms with Gasteiger partial charge < -0.3 is 4.57 Å². The first-order chi connectivity index (χ1) is 15.1. The molecule has 32 heavy (non-hydrogen) atoms. The minimum absolute atomic E-state index is 0.188. The first-order valence-corrected chi connectivity index (χ1v) is 11.2. The molecule has 3 aromatic heterocycles. The van der Waals surface area contributed by atoms with Crippen molar-refractivity contribution in [2.24, 2.45) is 5.10 Å². The van der Waals surface area contributed by atoms with Crippen LogP contribution in [0, 0.1) is 20.8 Å². The molecule has 1 aromatic carbocycles. The summed E-state index contributed by atoms with van der Waals surface area (Å²) in [4.78, 5) is 22.6. The van der Waals surface area contributed by atoms with Crippen LogP contribution in [0.15, 0.2) is 57.0 Å². The number of rotatable bonds is 3. The zero-order chi connectivity index (χ0) is 23.2. The minimum atomic E-state index is -0.361. The summed E-state index contributed by atoms with van der Waals surface area (Å²) in [6.45, 7) is 12.2. The van der Waals surface area contributed by atoms with E-state index in [1.807, 2.05) is 72.0 Å². The fourth-order valence-corrected chi connectivity index (χ4v) is 4.14. The fraction of sp³-hybridized carbons (Fsp3) is 0.280. The molecule has 0 spiro atoms. The van der Waals surface area contributed by atoms with Crippen molar-refractivity contribution >= 4 is 33.0 Å². The predicted octanol–water partition coefficient (Wildman–Crippen LogP) is 5.45. The highest BCUT2D eigenvalue weighted by Gasteiger charge is 2.23. The van der Waals surface area contributed by atoms with Crippen LogP contribution < -0.4 is 5.56 Å². The summed E-state index contributed by atoms with van der Waals surface area (Å²) in [5.74, 6) is 1.48. The Labute approximate surface area is 195 Å². The third kappa shape index (κ3) is 4.05. The van der Waals surface area contributed by atoms with Gasteiger partial charge in [0.05, 0.1) is 17.1 Å². The molecule has 0 aliphatic heterocycles. The molecule has 164 valence electrons. The maximum atomic E-state index is 13.4. The summed E-state index contributed by atoms with van der Waals surface area (Å²) in [7, 11) is 0. The number of pyridine rings is 1. The van der Waals surface area contributed by atoms with E-state index < -0.39 is 0 Å². The first kappa shape index (κ1) is 22.1. The smallest absolute Gasteiger partial charge is 0.282 e. The van der Waals surface area contributed by atoms with Gasteiger partial charge >= 0.3 is 0 Å². The second-order valence-corrected chi connectivity index (χ2v) is 9.98. The molecule has 7 heteroatoms. The van der Waals surface area contributed by atoms with Gasteiger partial charge in [0, 0.05) is 33.0 Å². The lowest BCUT2D eigenvalue weighted by atomic mass is 9.95. The Morgan fingerprint density at radius 2 is 1.81 bits per heavy atom. The van der Waals surface area contributed by atoms with Gasteiger partial charge in [0.15, 0.2) is 0 Å². The summed E-state index contributed by atoms with van der Waals surface area (Å²) >= 11 is 3.45. The van der Waals surface area contributed by atoms with E-state index in [2.05, 4.69) is 36.6 Å². The molecule has 0 bridgehead atoms. The molecule has 0 aliphatic carbocycles. The Hall–Kier alpha value is -3.06. The zero-order valence-electron chi connectivity index (χ0n) is 19.1. The summed E-state index contributed by atoms with van der Waals surface area (Å²) in [6.07, 6.45) is 3.54. The van der Waals surface area contributed by atoms with E-state index in [-0.39, 0.29) is 11.0 Å². The van der Waals surface area contributed by atoms with Crippen molar-refractivity contribution in [3.8, 4) is 5.82 Å². The quantitative estimate of drug-likeness (QED) is 0.358. The van der Waals surface area contributed by atoms with Crippen LogP contribution >= 0.6 is 15.9 Å². The third-order valence-electron chi connectivity index (χ3n) is 5.39. The van der Waals surface area contributed by atoms with Crippen molar-refractivity contribution in [2.75, 3.05) is 0 Å². The van der Waals surface area contributed by atoms with Gasteiger partial charge in [-0.2, -0.15) is 9.78 Å². The molecule has 4 aromatic rings. The van der Waals surface area contributed by atoms with Crippen LogP contribution in [-0.2, 0) is 5.41 Å². The van der Waals surface area contributed by atoms with Crippen LogP contribution in [0.5, 0.6) is 0 Å². The molecular weight excluding hydrogens is 466 g/mol. The lowest BCUT2D eigenvalue weighted by molar-refractivity contribution is 0.506. The second-order valence-electron chi connectivity index (χ2n) is 9.06. The zero-order valence-corrected chi connectivity index (χ0v) is 20.7. The van der Waals surface area contributed by atoms with Crippen molar-refractivity contribution in [2.45, 2.75) is 47.0 Å². The number of aryl methyl sites for hydroxylation is 2. The topological polar surface area (TPSA) is 65.1 Å². The van der Waals surface area contributed by atoms with Crippen LogP contribution in [0.2, 0.25) is 0 Å². The van der Waals surface area contributed by atoms with Crippen molar-refractivity contribution in [3.63, 3.8) is 0 Å². The van der Waals surface area contributed by atoms with Gasteiger partial charge in [0.2, 0.25) is 0 Å². The van der Waals surface area contributed by atoms with E-state index in [0.717, 1.165) is 32.8 Å². The summed E-state index contributed by atoms with van der Waals surface area (Å²) < 4.78 is 4.35. The van der Waals surface area contributed by atoms with Crippen molar-refractivity contribution in [1.29, 1.82) is 0 Å². The highest BCUT2D eigenvalue weighted by atomic mass is 79.9. The van der Waals surface area contributed by atoms with Gasteiger partial charge in [0.25, 0.3) is 5.56 Å². The average Bonchev–Trinajstić information content (AvgIpc) is 3.00. The SMILES string of the molecule is Cc1ccnc(-n2c(C)cc(C=Nn3c(C(C)(C)C)nc4ccc(Br)cc4c3=O)c2C)c1. The van der Waals surface area contributed by atoms with Gasteiger partial charge in [-0.3, -0.25) is 4.79 Å². The summed E-state index contributed by atoms with van der Waals surface area (Å²) in [6, 6.07) is 11.6. The predicted molar refractivity (Wildman–Crippen MR) is 133 cm³/mol. The van der Waals surface area contributed by atoms with Gasteiger partial charge in [0.1, 0.15) is 11.6 Å². The third-order valence-corrected chi connectivity index (χ3v) is 5.89. The standard InChI is InChI=1S/C25H26BrN5O/c1-15-9-10-27-22(11-15)30-16(2)12-18(17(30)3)14-28-31-23(32)20-13-19(26)7-8-21(20)29-24(31)25(4,5)6/h7-14H,1-6H3. The van der Waals surface area contributed by atoms with Gasteiger partial charge in [-0.05, 0) is 62.7 Å². The molecule has 0 aliphatic rings. The van der Waals surface area contributed by atoms with Crippen LogP contribution in [0.4, 0.5) is 0 Å². The summed E-state index contributed by atoms with van der Waals surface area (Å²) in [5, 5.41) is 5.14. The number of nitrogens with zero attached hydrogens (tertiary/aromatic N) is 5.